The molecule has 1 atom stereocenters. The lowest BCUT2D eigenvalue weighted by Crippen LogP contribution is -2.38. The summed E-state index contributed by atoms with van der Waals surface area (Å²) in [4.78, 5) is 0. The molecule has 2 aromatic carbocycles. The van der Waals surface area contributed by atoms with Crippen LogP contribution < -0.4 is 11.3 Å². The highest BCUT2D eigenvalue weighted by Crippen LogP contribution is 2.21. The number of nitrogens with one attached hydrogen (secondary N) is 1. The summed E-state index contributed by atoms with van der Waals surface area (Å²) in [5.41, 5.74) is 4.92. The van der Waals surface area contributed by atoms with Crippen LogP contribution in [0.2, 0.25) is 5.02 Å². The molecule has 106 valence electrons. The van der Waals surface area contributed by atoms with Crippen molar-refractivity contribution in [1.29, 1.82) is 0 Å². The predicted molar refractivity (Wildman–Crippen MR) is 84.1 cm³/mol. The van der Waals surface area contributed by atoms with Crippen molar-refractivity contribution in [3.05, 3.63) is 68.9 Å². The van der Waals surface area contributed by atoms with Crippen molar-refractivity contribution in [3.63, 3.8) is 0 Å². The fraction of sp³-hybridized carbons (Fsp3) is 0.200. The Kier molecular flexibility index (Phi) is 5.54. The van der Waals surface area contributed by atoms with Crippen molar-refractivity contribution in [2.75, 3.05) is 0 Å². The first-order chi connectivity index (χ1) is 9.58. The van der Waals surface area contributed by atoms with Crippen molar-refractivity contribution in [3.8, 4) is 0 Å². The van der Waals surface area contributed by atoms with Gasteiger partial charge in [0.1, 0.15) is 5.82 Å². The molecule has 2 aromatic rings. The summed E-state index contributed by atoms with van der Waals surface area (Å²) in [6.07, 6.45) is 1.45. The van der Waals surface area contributed by atoms with Crippen molar-refractivity contribution in [1.82, 2.24) is 5.43 Å². The van der Waals surface area contributed by atoms with Gasteiger partial charge in [-0.3, -0.25) is 11.3 Å². The summed E-state index contributed by atoms with van der Waals surface area (Å²) in [5.74, 6) is 5.36. The monoisotopic (exact) mass is 356 g/mol. The molecular weight excluding hydrogens is 343 g/mol. The molecule has 0 saturated heterocycles. The van der Waals surface area contributed by atoms with Crippen LogP contribution in [0.15, 0.2) is 46.9 Å². The van der Waals surface area contributed by atoms with Crippen LogP contribution >= 0.6 is 27.5 Å². The lowest BCUT2D eigenvalue weighted by molar-refractivity contribution is 0.521. The molecule has 0 fully saturated rings. The summed E-state index contributed by atoms with van der Waals surface area (Å²) in [6, 6.07) is 12.4. The average Bonchev–Trinajstić information content (AvgIpc) is 2.41. The fourth-order valence-electron chi connectivity index (χ4n) is 2.09. The van der Waals surface area contributed by atoms with Gasteiger partial charge in [0, 0.05) is 15.5 Å². The van der Waals surface area contributed by atoms with Crippen LogP contribution in [0.4, 0.5) is 4.39 Å². The second-order valence-corrected chi connectivity index (χ2v) is 5.93. The van der Waals surface area contributed by atoms with Crippen LogP contribution in [0, 0.1) is 5.82 Å². The molecule has 0 aromatic heterocycles. The first-order valence-electron chi connectivity index (χ1n) is 6.23. The van der Waals surface area contributed by atoms with Gasteiger partial charge in [-0.25, -0.2) is 4.39 Å². The van der Waals surface area contributed by atoms with Crippen molar-refractivity contribution in [2.45, 2.75) is 18.9 Å². The highest BCUT2D eigenvalue weighted by Gasteiger charge is 2.11. The Bertz CT molecular complexity index is 592. The number of hydrazine groups is 1. The quantitative estimate of drug-likeness (QED) is 0.630. The highest BCUT2D eigenvalue weighted by molar-refractivity contribution is 9.10. The number of benzene rings is 2. The number of nitrogens with two attached hydrogens (primary N) is 1. The molecule has 3 N–H and O–H groups in total. The van der Waals surface area contributed by atoms with Crippen LogP contribution in [-0.2, 0) is 12.8 Å². The minimum atomic E-state index is -0.257. The molecule has 0 aliphatic heterocycles. The van der Waals surface area contributed by atoms with Gasteiger partial charge in [-0.2, -0.15) is 0 Å². The molecular formula is C15H15BrClFN2. The zero-order valence-electron chi connectivity index (χ0n) is 10.7. The third-order valence-electron chi connectivity index (χ3n) is 3.09. The van der Waals surface area contributed by atoms with E-state index in [0.29, 0.717) is 11.4 Å². The lowest BCUT2D eigenvalue weighted by Gasteiger charge is -2.17. The Hall–Kier alpha value is -0.940. The molecule has 0 radical (unpaired) electrons. The van der Waals surface area contributed by atoms with E-state index in [1.807, 2.05) is 24.3 Å². The Morgan fingerprint density at radius 3 is 2.65 bits per heavy atom. The van der Waals surface area contributed by atoms with E-state index in [1.54, 1.807) is 6.07 Å². The van der Waals surface area contributed by atoms with Gasteiger partial charge in [0.2, 0.25) is 0 Å². The van der Waals surface area contributed by atoms with Crippen molar-refractivity contribution >= 4 is 27.5 Å². The number of hydrogen-bond donors (Lipinski definition) is 2. The van der Waals surface area contributed by atoms with Crippen LogP contribution in [-0.4, -0.2) is 6.04 Å². The maximum absolute atomic E-state index is 13.1. The van der Waals surface area contributed by atoms with E-state index in [4.69, 9.17) is 17.4 Å². The van der Waals surface area contributed by atoms with E-state index in [-0.39, 0.29) is 11.9 Å². The van der Waals surface area contributed by atoms with E-state index in [2.05, 4.69) is 21.4 Å². The van der Waals surface area contributed by atoms with Gasteiger partial charge >= 0.3 is 0 Å². The van der Waals surface area contributed by atoms with Gasteiger partial charge in [0.15, 0.2) is 0 Å². The summed E-state index contributed by atoms with van der Waals surface area (Å²) >= 11 is 9.35. The first kappa shape index (κ1) is 15.4. The molecule has 2 rings (SSSR count). The van der Waals surface area contributed by atoms with Gasteiger partial charge in [-0.05, 0) is 48.2 Å². The first-order valence-corrected chi connectivity index (χ1v) is 7.40. The highest BCUT2D eigenvalue weighted by atomic mass is 79.9. The minimum Gasteiger partial charge on any atom is -0.271 e. The molecule has 0 spiro atoms. The average molecular weight is 358 g/mol. The molecule has 0 saturated carbocycles. The smallest absolute Gasteiger partial charge is 0.124 e. The molecule has 2 nitrogen and oxygen atoms in total. The van der Waals surface area contributed by atoms with Gasteiger partial charge < -0.3 is 0 Å². The molecule has 1 unspecified atom stereocenters. The fourth-order valence-corrected chi connectivity index (χ4v) is 2.82. The molecule has 0 aliphatic carbocycles. The number of rotatable bonds is 5. The van der Waals surface area contributed by atoms with Gasteiger partial charge in [-0.15, -0.1) is 0 Å². The summed E-state index contributed by atoms with van der Waals surface area (Å²) < 4.78 is 13.8. The lowest BCUT2D eigenvalue weighted by atomic mass is 9.99. The van der Waals surface area contributed by atoms with Crippen LogP contribution in [0.5, 0.6) is 0 Å². The summed E-state index contributed by atoms with van der Waals surface area (Å²) in [6.45, 7) is 0. The zero-order valence-corrected chi connectivity index (χ0v) is 13.1. The Morgan fingerprint density at radius 1 is 1.20 bits per heavy atom. The van der Waals surface area contributed by atoms with Crippen molar-refractivity contribution < 1.29 is 4.39 Å². The second-order valence-electron chi connectivity index (χ2n) is 4.64. The molecule has 0 heterocycles. The van der Waals surface area contributed by atoms with Crippen molar-refractivity contribution in [2.24, 2.45) is 5.84 Å². The zero-order chi connectivity index (χ0) is 14.5. The van der Waals surface area contributed by atoms with Crippen LogP contribution in [0.25, 0.3) is 0 Å². The Labute approximate surface area is 131 Å². The van der Waals surface area contributed by atoms with E-state index >= 15 is 0 Å². The van der Waals surface area contributed by atoms with Gasteiger partial charge in [0.05, 0.1) is 0 Å². The maximum Gasteiger partial charge on any atom is 0.124 e. The van der Waals surface area contributed by atoms with Crippen LogP contribution in [0.3, 0.4) is 0 Å². The van der Waals surface area contributed by atoms with E-state index < -0.39 is 0 Å². The number of hydrogen-bond acceptors (Lipinski definition) is 2. The third kappa shape index (κ3) is 4.28. The Morgan fingerprint density at radius 2 is 2.00 bits per heavy atom. The second kappa shape index (κ2) is 7.18. The standard InChI is InChI=1S/C15H15BrClFN2/c16-15-9-13(18)5-4-11(15)8-14(20-19)7-10-2-1-3-12(17)6-10/h1-6,9,14,20H,7-8,19H2. The molecule has 0 aliphatic rings. The molecule has 0 amide bonds. The maximum atomic E-state index is 13.1. The summed E-state index contributed by atoms with van der Waals surface area (Å²) in [7, 11) is 0. The molecule has 20 heavy (non-hydrogen) atoms. The normalized spacial score (nSPS) is 12.4. The summed E-state index contributed by atoms with van der Waals surface area (Å²) in [5, 5.41) is 0.709. The van der Waals surface area contributed by atoms with E-state index in [1.165, 1.54) is 12.1 Å². The predicted octanol–water partition coefficient (Wildman–Crippen LogP) is 3.86. The van der Waals surface area contributed by atoms with Gasteiger partial charge in [0.25, 0.3) is 0 Å². The minimum absolute atomic E-state index is 0.0511. The molecule has 0 bridgehead atoms. The topological polar surface area (TPSA) is 38.0 Å². The van der Waals surface area contributed by atoms with E-state index in [0.717, 1.165) is 22.0 Å². The van der Waals surface area contributed by atoms with Crippen LogP contribution in [0.1, 0.15) is 11.1 Å². The Balaban J connectivity index is 2.09. The largest absolute Gasteiger partial charge is 0.271 e. The molecule has 5 heteroatoms. The van der Waals surface area contributed by atoms with E-state index in [9.17, 15) is 4.39 Å². The third-order valence-corrected chi connectivity index (χ3v) is 4.06. The van der Waals surface area contributed by atoms with Gasteiger partial charge in [-0.1, -0.05) is 45.7 Å². The number of halogens is 3. The SMILES string of the molecule is NNC(Cc1cccc(Cl)c1)Cc1ccc(F)cc1Br.